The van der Waals surface area contributed by atoms with Crippen LogP contribution in [0.4, 0.5) is 0 Å². The molecule has 0 amide bonds. The van der Waals surface area contributed by atoms with E-state index in [2.05, 4.69) is 0 Å². The molecule has 3 rings (SSSR count). The summed E-state index contributed by atoms with van der Waals surface area (Å²) in [7, 11) is -3.71. The molecule has 3 aliphatic rings. The summed E-state index contributed by atoms with van der Waals surface area (Å²) in [5, 5.41) is 10.1. The van der Waals surface area contributed by atoms with E-state index in [4.69, 9.17) is 23.2 Å². The molecule has 7 heteroatoms. The Morgan fingerprint density at radius 3 is 2.33 bits per heavy atom. The maximum atomic E-state index is 12.1. The van der Waals surface area contributed by atoms with Crippen LogP contribution in [0.25, 0.3) is 0 Å². The highest BCUT2D eigenvalue weighted by molar-refractivity contribution is 7.89. The molecular weight excluding hydrogens is 297 g/mol. The number of nitrogens with zero attached hydrogens (tertiary/aromatic N) is 1. The van der Waals surface area contributed by atoms with Crippen molar-refractivity contribution in [2.45, 2.75) is 43.5 Å². The van der Waals surface area contributed by atoms with E-state index in [1.54, 1.807) is 6.92 Å². The summed E-state index contributed by atoms with van der Waals surface area (Å²) >= 11 is 13.0. The Balaban J connectivity index is 2.35. The molecule has 104 valence electrons. The maximum Gasteiger partial charge on any atom is 0.237 e. The Labute approximate surface area is 117 Å². The first-order chi connectivity index (χ1) is 7.95. The number of hydrogen-bond acceptors (Lipinski definition) is 3. The second-order valence-corrected chi connectivity index (χ2v) is 9.77. The highest BCUT2D eigenvalue weighted by Crippen LogP contribution is 2.80. The minimum Gasteiger partial charge on any atom is -0.299 e. The van der Waals surface area contributed by atoms with E-state index in [0.29, 0.717) is 4.47 Å². The molecule has 18 heavy (non-hydrogen) atoms. The van der Waals surface area contributed by atoms with Crippen molar-refractivity contribution in [1.82, 2.24) is 4.47 Å². The van der Waals surface area contributed by atoms with Gasteiger partial charge in [0.15, 0.2) is 0 Å². The predicted molar refractivity (Wildman–Crippen MR) is 69.2 cm³/mol. The van der Waals surface area contributed by atoms with Gasteiger partial charge in [0.05, 0.1) is 11.3 Å². The van der Waals surface area contributed by atoms with Gasteiger partial charge >= 0.3 is 0 Å². The third-order valence-electron chi connectivity index (χ3n) is 6.06. The molecule has 3 unspecified atom stereocenters. The third kappa shape index (κ3) is 0.975. The van der Waals surface area contributed by atoms with Crippen LogP contribution in [-0.2, 0) is 10.0 Å². The minimum absolute atomic E-state index is 0.0107. The van der Waals surface area contributed by atoms with Gasteiger partial charge in [-0.1, -0.05) is 41.5 Å². The second kappa shape index (κ2) is 3.03. The van der Waals surface area contributed by atoms with Gasteiger partial charge in [0.2, 0.25) is 10.0 Å². The van der Waals surface area contributed by atoms with Gasteiger partial charge < -0.3 is 0 Å². The van der Waals surface area contributed by atoms with Crippen molar-refractivity contribution in [3.05, 3.63) is 0 Å². The molecule has 2 aliphatic carbocycles. The first-order valence-electron chi connectivity index (χ1n) is 6.05. The molecule has 0 aromatic carbocycles. The maximum absolute atomic E-state index is 12.1. The summed E-state index contributed by atoms with van der Waals surface area (Å²) in [6.07, 6.45) is 1.54. The van der Waals surface area contributed by atoms with Crippen LogP contribution in [0.3, 0.4) is 0 Å². The standard InChI is InChI=1S/C11H17Cl2NO3S/c1-8(2)7-4-5-10(8)6-18(16,17)14(15)9(10,3)11(7,12)13/h7,15H,4-6H2,1-3H3. The lowest BCUT2D eigenvalue weighted by atomic mass is 9.63. The lowest BCUT2D eigenvalue weighted by molar-refractivity contribution is -0.123. The normalized spacial score (nSPS) is 51.6. The fourth-order valence-electron chi connectivity index (χ4n) is 4.93. The highest BCUT2D eigenvalue weighted by atomic mass is 35.5. The average Bonchev–Trinajstić information content (AvgIpc) is 2.58. The summed E-state index contributed by atoms with van der Waals surface area (Å²) in [4.78, 5) is 0. The van der Waals surface area contributed by atoms with Gasteiger partial charge in [-0.05, 0) is 31.1 Å². The Morgan fingerprint density at radius 1 is 1.28 bits per heavy atom. The number of rotatable bonds is 0. The van der Waals surface area contributed by atoms with Crippen LogP contribution in [-0.4, -0.2) is 33.7 Å². The first kappa shape index (κ1) is 13.4. The Hall–Kier alpha value is 0.450. The zero-order valence-electron chi connectivity index (χ0n) is 10.6. The number of hydroxylamine groups is 1. The molecule has 1 spiro atoms. The fourth-order valence-corrected chi connectivity index (χ4v) is 8.73. The smallest absolute Gasteiger partial charge is 0.237 e. The summed E-state index contributed by atoms with van der Waals surface area (Å²) in [5.41, 5.74) is -2.04. The summed E-state index contributed by atoms with van der Waals surface area (Å²) in [6, 6.07) is 0. The van der Waals surface area contributed by atoms with Gasteiger partial charge in [-0.15, -0.1) is 0 Å². The largest absolute Gasteiger partial charge is 0.299 e. The van der Waals surface area contributed by atoms with E-state index >= 15 is 0 Å². The van der Waals surface area contributed by atoms with E-state index in [1.165, 1.54) is 0 Å². The summed E-state index contributed by atoms with van der Waals surface area (Å²) in [5.74, 6) is -0.0824. The molecule has 2 bridgehead atoms. The van der Waals surface area contributed by atoms with Crippen LogP contribution >= 0.6 is 23.2 Å². The lowest BCUT2D eigenvalue weighted by Crippen LogP contribution is -2.60. The van der Waals surface area contributed by atoms with E-state index in [-0.39, 0.29) is 17.1 Å². The molecule has 1 heterocycles. The lowest BCUT2D eigenvalue weighted by Gasteiger charge is -2.47. The average molecular weight is 314 g/mol. The van der Waals surface area contributed by atoms with Gasteiger partial charge in [0, 0.05) is 5.41 Å². The number of halogens is 2. The van der Waals surface area contributed by atoms with E-state index in [1.807, 2.05) is 13.8 Å². The number of fused-ring (bicyclic) bond motifs is 1. The van der Waals surface area contributed by atoms with E-state index in [9.17, 15) is 13.6 Å². The molecular formula is C11H17Cl2NO3S. The zero-order chi connectivity index (χ0) is 13.8. The zero-order valence-corrected chi connectivity index (χ0v) is 12.9. The molecule has 0 aromatic rings. The predicted octanol–water partition coefficient (Wildman–Crippen LogP) is 2.39. The highest BCUT2D eigenvalue weighted by Gasteiger charge is 2.86. The SMILES string of the molecule is CC1(C)C2CCC13CS(=O)(=O)N(O)C3(C)C2(Cl)Cl. The molecule has 3 fully saturated rings. The molecule has 4 nitrogen and oxygen atoms in total. The summed E-state index contributed by atoms with van der Waals surface area (Å²) < 4.78 is 23.4. The molecule has 1 N–H and O–H groups in total. The van der Waals surface area contributed by atoms with Crippen molar-refractivity contribution in [3.8, 4) is 0 Å². The molecule has 0 radical (unpaired) electrons. The Kier molecular flexibility index (Phi) is 2.26. The second-order valence-electron chi connectivity index (χ2n) is 6.59. The summed E-state index contributed by atoms with van der Waals surface area (Å²) in [6.45, 7) is 5.71. The van der Waals surface area contributed by atoms with Crippen LogP contribution < -0.4 is 0 Å². The van der Waals surface area contributed by atoms with Gasteiger partial charge in [0.25, 0.3) is 0 Å². The van der Waals surface area contributed by atoms with Crippen LogP contribution in [0, 0.1) is 16.7 Å². The number of alkyl halides is 2. The Morgan fingerprint density at radius 2 is 1.83 bits per heavy atom. The molecule has 1 saturated heterocycles. The third-order valence-corrected chi connectivity index (χ3v) is 9.07. The van der Waals surface area contributed by atoms with Crippen molar-refractivity contribution in [2.75, 3.05) is 5.75 Å². The van der Waals surface area contributed by atoms with Crippen molar-refractivity contribution in [3.63, 3.8) is 0 Å². The van der Waals surface area contributed by atoms with Crippen molar-refractivity contribution < 1.29 is 13.6 Å². The fraction of sp³-hybridized carbons (Fsp3) is 1.00. The van der Waals surface area contributed by atoms with Gasteiger partial charge in [0.1, 0.15) is 4.33 Å². The topological polar surface area (TPSA) is 57.6 Å². The molecule has 2 saturated carbocycles. The van der Waals surface area contributed by atoms with E-state index in [0.717, 1.165) is 12.8 Å². The van der Waals surface area contributed by atoms with Crippen molar-refractivity contribution >= 4 is 33.2 Å². The Bertz CT molecular complexity index is 532. The van der Waals surface area contributed by atoms with Crippen molar-refractivity contribution in [2.24, 2.45) is 16.7 Å². The van der Waals surface area contributed by atoms with Crippen LogP contribution in [0.15, 0.2) is 0 Å². The first-order valence-corrected chi connectivity index (χ1v) is 8.41. The van der Waals surface area contributed by atoms with Crippen LogP contribution in [0.2, 0.25) is 0 Å². The minimum atomic E-state index is -3.71. The quantitative estimate of drug-likeness (QED) is 0.699. The van der Waals surface area contributed by atoms with E-state index < -0.39 is 25.3 Å². The van der Waals surface area contributed by atoms with Gasteiger partial charge in [-0.2, -0.15) is 0 Å². The number of hydrogen-bond donors (Lipinski definition) is 1. The van der Waals surface area contributed by atoms with Gasteiger partial charge in [-0.3, -0.25) is 5.21 Å². The molecule has 0 aromatic heterocycles. The molecule has 1 aliphatic heterocycles. The molecule has 3 atom stereocenters. The number of sulfonamides is 1. The van der Waals surface area contributed by atoms with Crippen molar-refractivity contribution in [1.29, 1.82) is 0 Å². The van der Waals surface area contributed by atoms with Gasteiger partial charge in [-0.25, -0.2) is 8.42 Å². The van der Waals surface area contributed by atoms with Crippen LogP contribution in [0.1, 0.15) is 33.6 Å². The van der Waals surface area contributed by atoms with Crippen LogP contribution in [0.5, 0.6) is 0 Å². The monoisotopic (exact) mass is 313 g/mol.